The van der Waals surface area contributed by atoms with Crippen molar-refractivity contribution in [1.82, 2.24) is 0 Å². The van der Waals surface area contributed by atoms with Crippen molar-refractivity contribution in [3.05, 3.63) is 0 Å². The molecule has 0 aliphatic rings. The summed E-state index contributed by atoms with van der Waals surface area (Å²) in [5.74, 6) is 0. The quantitative estimate of drug-likeness (QED) is 0.0514. The molecular weight excluding hydrogens is 1130 g/mol. The number of hydrogen-bond acceptors (Lipinski definition) is 12. The minimum Gasteiger partial charge on any atom is -0.198 e. The van der Waals surface area contributed by atoms with E-state index in [-0.39, 0.29) is 31.7 Å². The van der Waals surface area contributed by atoms with Gasteiger partial charge in [-0.15, -0.1) is 79.2 Å². The molecule has 0 spiro atoms. The highest BCUT2D eigenvalue weighted by Gasteiger charge is 2.23. The van der Waals surface area contributed by atoms with Crippen molar-refractivity contribution in [2.24, 2.45) is 0 Å². The summed E-state index contributed by atoms with van der Waals surface area (Å²) in [6, 6.07) is 28.3. The van der Waals surface area contributed by atoms with E-state index in [2.05, 4.69) is 72.8 Å². The molecule has 76 heavy (non-hydrogen) atoms. The fourth-order valence-electron chi connectivity index (χ4n) is 8.40. The summed E-state index contributed by atoms with van der Waals surface area (Å²) < 4.78 is 0. The van der Waals surface area contributed by atoms with E-state index in [4.69, 9.17) is 0 Å². The SMILES string of the molecule is N#CCCP(CCC#N)CCP(CCP(CCC#N)CCC#N)CCP(CCP(CCP(CCC#N)CCC#N)CCP(CCC#N)CCC#N)CCP(CCP(CCC#N)CCC#N)CCP(CCC#N)CCC#N. The standard InChI is InChI=1S/C54H84N12P10/c55-13-1-25-67(26-2-14-56)37-43-73(44-38-68(27-3-15-57)28-4-16-58)49-52-76(53-50-74(45-39-69(29-5-17-59)30-6-18-60)46-40-70(31-7-19-61)32-8-20-62)54-51-75(47-41-71(33-9-21-63)34-10-22-64)48-42-72(35-11-23-65)36-12-24-66/h1-12,25-54H2. The van der Waals surface area contributed by atoms with Crippen molar-refractivity contribution in [1.29, 1.82) is 63.1 Å². The van der Waals surface area contributed by atoms with Crippen molar-refractivity contribution < 1.29 is 0 Å². The second-order valence-electron chi connectivity index (χ2n) is 18.3. The van der Waals surface area contributed by atoms with E-state index >= 15 is 0 Å². The minimum atomic E-state index is -0.414. The Labute approximate surface area is 474 Å². The average Bonchev–Trinajstić information content (AvgIpc) is 3.44. The van der Waals surface area contributed by atoms with Gasteiger partial charge in [0.05, 0.1) is 72.8 Å². The molecule has 0 unspecified atom stereocenters. The normalized spacial score (nSPS) is 11.0. The lowest BCUT2D eigenvalue weighted by Crippen LogP contribution is -2.12. The first kappa shape index (κ1) is 74.2. The summed E-state index contributed by atoms with van der Waals surface area (Å²) in [4.78, 5) is 0. The van der Waals surface area contributed by atoms with E-state index in [0.717, 1.165) is 148 Å². The molecule has 0 saturated heterocycles. The van der Waals surface area contributed by atoms with Crippen LogP contribution in [0.15, 0.2) is 0 Å². The van der Waals surface area contributed by atoms with Gasteiger partial charge < -0.3 is 0 Å². The first-order valence-electron chi connectivity index (χ1n) is 26.9. The van der Waals surface area contributed by atoms with Gasteiger partial charge in [-0.2, -0.15) is 63.1 Å². The number of hydrogen-bond donors (Lipinski definition) is 0. The smallest absolute Gasteiger partial charge is 0.0625 e. The molecule has 0 amide bonds. The highest BCUT2D eigenvalue weighted by atomic mass is 31.1. The second kappa shape index (κ2) is 56.5. The van der Waals surface area contributed by atoms with Crippen LogP contribution in [0.4, 0.5) is 0 Å². The molecule has 0 radical (unpaired) electrons. The molecule has 410 valence electrons. The van der Waals surface area contributed by atoms with Crippen molar-refractivity contribution in [3.8, 4) is 72.8 Å². The molecule has 0 atom stereocenters. The molecule has 12 nitrogen and oxygen atoms in total. The van der Waals surface area contributed by atoms with E-state index in [1.54, 1.807) is 0 Å². The van der Waals surface area contributed by atoms with Crippen molar-refractivity contribution in [3.63, 3.8) is 0 Å². The monoisotopic (exact) mass is 1210 g/mol. The number of nitriles is 12. The Balaban J connectivity index is 7.30. The first-order valence-corrected chi connectivity index (χ1v) is 45.9. The average molecular weight is 1210 g/mol. The second-order valence-corrected chi connectivity index (χ2v) is 45.1. The Kier molecular flexibility index (Phi) is 55.1. The molecule has 0 N–H and O–H groups in total. The van der Waals surface area contributed by atoms with Crippen LogP contribution >= 0.6 is 79.2 Å². The minimum absolute atomic E-state index is 0.353. The van der Waals surface area contributed by atoms with Crippen LogP contribution in [0.25, 0.3) is 0 Å². The molecule has 0 rings (SSSR count). The highest BCUT2D eigenvalue weighted by Crippen LogP contribution is 2.55. The zero-order valence-electron chi connectivity index (χ0n) is 45.5. The first-order chi connectivity index (χ1) is 37.2. The topological polar surface area (TPSA) is 285 Å². The Hall–Kier alpha value is -1.82. The van der Waals surface area contributed by atoms with Gasteiger partial charge in [0.25, 0.3) is 0 Å². The molecular formula is C54H84N12P10. The number of nitrogens with zero attached hydrogens (tertiary/aromatic N) is 12. The van der Waals surface area contributed by atoms with Crippen LogP contribution in [-0.4, -0.2) is 185 Å². The van der Waals surface area contributed by atoms with E-state index in [9.17, 15) is 63.1 Å². The third kappa shape index (κ3) is 44.0. The Morgan fingerprint density at radius 2 is 0.184 bits per heavy atom. The Bertz CT molecular complexity index is 1570. The third-order valence-electron chi connectivity index (χ3n) is 13.1. The molecule has 0 aliphatic heterocycles. The van der Waals surface area contributed by atoms with Gasteiger partial charge in [-0.1, -0.05) is 0 Å². The summed E-state index contributed by atoms with van der Waals surface area (Å²) in [5.41, 5.74) is 0. The Morgan fingerprint density at radius 3 is 0.250 bits per heavy atom. The summed E-state index contributed by atoms with van der Waals surface area (Å²) in [6.45, 7) is 0. The molecule has 0 bridgehead atoms. The molecule has 0 fully saturated rings. The van der Waals surface area contributed by atoms with Crippen LogP contribution in [0.5, 0.6) is 0 Å². The van der Waals surface area contributed by atoms with E-state index in [1.807, 2.05) is 0 Å². The van der Waals surface area contributed by atoms with E-state index < -0.39 is 47.5 Å². The van der Waals surface area contributed by atoms with Gasteiger partial charge in [0, 0.05) is 77.0 Å². The van der Waals surface area contributed by atoms with Gasteiger partial charge in [0.15, 0.2) is 0 Å². The lowest BCUT2D eigenvalue weighted by atomic mass is 10.5. The zero-order valence-corrected chi connectivity index (χ0v) is 54.5. The third-order valence-corrected chi connectivity index (χ3v) is 41.9. The van der Waals surface area contributed by atoms with Gasteiger partial charge in [-0.25, -0.2) is 0 Å². The molecule has 0 heterocycles. The summed E-state index contributed by atoms with van der Waals surface area (Å²) in [7, 11) is -3.91. The maximum absolute atomic E-state index is 9.52. The molecule has 0 saturated carbocycles. The van der Waals surface area contributed by atoms with Crippen LogP contribution in [0, 0.1) is 136 Å². The molecule has 0 aromatic heterocycles. The van der Waals surface area contributed by atoms with Crippen LogP contribution in [-0.2, 0) is 0 Å². The fraction of sp³-hybridized carbons (Fsp3) is 0.778. The lowest BCUT2D eigenvalue weighted by molar-refractivity contribution is 1.16. The van der Waals surface area contributed by atoms with Crippen LogP contribution in [0.3, 0.4) is 0 Å². The van der Waals surface area contributed by atoms with Crippen LogP contribution in [0.1, 0.15) is 77.0 Å². The van der Waals surface area contributed by atoms with Crippen molar-refractivity contribution in [2.75, 3.05) is 185 Å². The number of rotatable bonds is 51. The van der Waals surface area contributed by atoms with Crippen molar-refractivity contribution in [2.45, 2.75) is 77.0 Å². The predicted molar refractivity (Wildman–Crippen MR) is 338 cm³/mol. The lowest BCUT2D eigenvalue weighted by Gasteiger charge is -2.30. The predicted octanol–water partition coefficient (Wildman–Crippen LogP) is 14.8. The fourth-order valence-corrected chi connectivity index (χ4v) is 40.5. The summed E-state index contributed by atoms with van der Waals surface area (Å²) >= 11 is 0. The summed E-state index contributed by atoms with van der Waals surface area (Å²) in [5, 5.41) is 114. The van der Waals surface area contributed by atoms with Gasteiger partial charge in [0.1, 0.15) is 0 Å². The van der Waals surface area contributed by atoms with Crippen molar-refractivity contribution >= 4 is 79.2 Å². The van der Waals surface area contributed by atoms with Gasteiger partial charge in [-0.05, 0) is 185 Å². The van der Waals surface area contributed by atoms with Crippen LogP contribution < -0.4 is 0 Å². The molecule has 0 aromatic rings. The Morgan fingerprint density at radius 1 is 0.118 bits per heavy atom. The summed E-state index contributed by atoms with van der Waals surface area (Å²) in [6.07, 6.45) is 37.2. The van der Waals surface area contributed by atoms with E-state index in [0.29, 0.717) is 77.0 Å². The molecule has 0 aliphatic carbocycles. The maximum atomic E-state index is 9.52. The van der Waals surface area contributed by atoms with E-state index in [1.165, 1.54) is 37.0 Å². The largest absolute Gasteiger partial charge is 0.198 e. The highest BCUT2D eigenvalue weighted by molar-refractivity contribution is 7.68. The molecule has 22 heteroatoms. The van der Waals surface area contributed by atoms with Gasteiger partial charge in [-0.3, -0.25) is 0 Å². The van der Waals surface area contributed by atoms with Gasteiger partial charge >= 0.3 is 0 Å². The zero-order chi connectivity index (χ0) is 56.0. The molecule has 0 aromatic carbocycles. The van der Waals surface area contributed by atoms with Crippen LogP contribution in [0.2, 0.25) is 0 Å². The van der Waals surface area contributed by atoms with Gasteiger partial charge in [0.2, 0.25) is 0 Å². The maximum Gasteiger partial charge on any atom is 0.0625 e.